The molecule has 0 unspecified atom stereocenters. The Hall–Kier alpha value is -3.14. The highest BCUT2D eigenvalue weighted by molar-refractivity contribution is 5.91. The quantitative estimate of drug-likeness (QED) is 0.386. The molecule has 0 saturated carbocycles. The number of aliphatic hydroxyl groups excluding tert-OH is 1. The zero-order valence-corrected chi connectivity index (χ0v) is 14.8. The maximum absolute atomic E-state index is 12.1. The maximum Gasteiger partial charge on any atom is 0.408 e. The summed E-state index contributed by atoms with van der Waals surface area (Å²) in [5.41, 5.74) is 5.93. The van der Waals surface area contributed by atoms with Gasteiger partial charge in [-0.2, -0.15) is 0 Å². The molecule has 0 saturated heterocycles. The Morgan fingerprint density at radius 3 is 2.33 bits per heavy atom. The van der Waals surface area contributed by atoms with Crippen molar-refractivity contribution in [1.29, 1.82) is 0 Å². The fraction of sp³-hybridized carbons (Fsp3) is 0.412. The summed E-state index contributed by atoms with van der Waals surface area (Å²) in [7, 11) is 1.19. The van der Waals surface area contributed by atoms with E-state index in [1.54, 1.807) is 24.3 Å². The van der Waals surface area contributed by atoms with Crippen molar-refractivity contribution in [2.45, 2.75) is 31.5 Å². The molecule has 27 heavy (non-hydrogen) atoms. The molecule has 10 nitrogen and oxygen atoms in total. The van der Waals surface area contributed by atoms with Crippen molar-refractivity contribution < 1.29 is 33.8 Å². The van der Waals surface area contributed by atoms with Crippen molar-refractivity contribution >= 4 is 23.9 Å². The molecule has 1 rings (SSSR count). The van der Waals surface area contributed by atoms with Gasteiger partial charge in [-0.1, -0.05) is 30.3 Å². The molecule has 1 aromatic carbocycles. The molecule has 1 aromatic rings. The number of primary amides is 1. The highest BCUT2D eigenvalue weighted by Gasteiger charge is 2.26. The van der Waals surface area contributed by atoms with Crippen LogP contribution in [0.3, 0.4) is 0 Å². The molecule has 0 aliphatic carbocycles. The van der Waals surface area contributed by atoms with E-state index in [-0.39, 0.29) is 19.4 Å². The van der Waals surface area contributed by atoms with Crippen LogP contribution in [-0.4, -0.2) is 54.8 Å². The van der Waals surface area contributed by atoms with E-state index in [0.29, 0.717) is 0 Å². The maximum atomic E-state index is 12.1. The van der Waals surface area contributed by atoms with Gasteiger partial charge in [-0.3, -0.25) is 14.4 Å². The molecular formula is C17H23N3O7. The molecule has 10 heteroatoms. The first-order valence-corrected chi connectivity index (χ1v) is 8.12. The lowest BCUT2D eigenvalue weighted by Crippen LogP contribution is -2.54. The van der Waals surface area contributed by atoms with E-state index in [1.807, 2.05) is 6.07 Å². The third-order valence-electron chi connectivity index (χ3n) is 3.53. The number of nitrogens with two attached hydrogens (primary N) is 1. The first-order chi connectivity index (χ1) is 12.9. The molecule has 0 bridgehead atoms. The van der Waals surface area contributed by atoms with Crippen LogP contribution in [0.1, 0.15) is 18.4 Å². The van der Waals surface area contributed by atoms with Crippen LogP contribution >= 0.6 is 0 Å². The lowest BCUT2D eigenvalue weighted by atomic mass is 10.1. The van der Waals surface area contributed by atoms with Crippen LogP contribution in [-0.2, 0) is 30.5 Å². The van der Waals surface area contributed by atoms with Crippen LogP contribution in [0.5, 0.6) is 0 Å². The van der Waals surface area contributed by atoms with E-state index in [1.165, 1.54) is 7.11 Å². The largest absolute Gasteiger partial charge is 0.469 e. The van der Waals surface area contributed by atoms with Gasteiger partial charge in [0.2, 0.25) is 11.8 Å². The van der Waals surface area contributed by atoms with Crippen molar-refractivity contribution in [2.24, 2.45) is 5.73 Å². The van der Waals surface area contributed by atoms with Crippen LogP contribution in [0.25, 0.3) is 0 Å². The Morgan fingerprint density at radius 1 is 1.11 bits per heavy atom. The predicted molar refractivity (Wildman–Crippen MR) is 93.0 cm³/mol. The average molecular weight is 381 g/mol. The number of methoxy groups -OCH3 is 1. The van der Waals surface area contributed by atoms with E-state index < -0.39 is 42.6 Å². The van der Waals surface area contributed by atoms with Crippen molar-refractivity contribution in [3.8, 4) is 0 Å². The summed E-state index contributed by atoms with van der Waals surface area (Å²) in [6.07, 6.45) is -1.14. The molecule has 0 spiro atoms. The molecule has 0 aliphatic heterocycles. The van der Waals surface area contributed by atoms with Crippen LogP contribution < -0.4 is 16.4 Å². The minimum Gasteiger partial charge on any atom is -0.469 e. The van der Waals surface area contributed by atoms with Crippen molar-refractivity contribution in [3.05, 3.63) is 35.9 Å². The summed E-state index contributed by atoms with van der Waals surface area (Å²) in [6, 6.07) is 6.36. The standard InChI is InChI=1S/C17H23N3O7/c1-26-14(22)8-7-12(15(18)23)19-16(24)13(9-21)20-17(25)27-10-11-5-3-2-4-6-11/h2-6,12-13,21H,7-10H2,1H3,(H2,18,23)(H,19,24)(H,20,25)/t12-,13-/m0/s1. The zero-order chi connectivity index (χ0) is 20.2. The SMILES string of the molecule is COC(=O)CC[C@H](NC(=O)[C@H](CO)NC(=O)OCc1ccccc1)C(N)=O. The number of alkyl carbamates (subject to hydrolysis) is 1. The molecule has 0 heterocycles. The third-order valence-corrected chi connectivity index (χ3v) is 3.53. The van der Waals surface area contributed by atoms with Gasteiger partial charge in [0.1, 0.15) is 18.7 Å². The van der Waals surface area contributed by atoms with Crippen LogP contribution in [0.2, 0.25) is 0 Å². The smallest absolute Gasteiger partial charge is 0.408 e. The first kappa shape index (κ1) is 21.9. The first-order valence-electron chi connectivity index (χ1n) is 8.12. The summed E-state index contributed by atoms with van der Waals surface area (Å²) in [6.45, 7) is -0.746. The van der Waals surface area contributed by atoms with E-state index in [2.05, 4.69) is 15.4 Å². The van der Waals surface area contributed by atoms with Gasteiger partial charge >= 0.3 is 12.1 Å². The summed E-state index contributed by atoms with van der Waals surface area (Å²) in [5, 5.41) is 13.8. The number of ether oxygens (including phenoxy) is 2. The highest BCUT2D eigenvalue weighted by atomic mass is 16.5. The molecule has 148 valence electrons. The van der Waals surface area contributed by atoms with Gasteiger partial charge < -0.3 is 30.9 Å². The van der Waals surface area contributed by atoms with Crippen LogP contribution in [0.4, 0.5) is 4.79 Å². The van der Waals surface area contributed by atoms with Crippen molar-refractivity contribution in [1.82, 2.24) is 10.6 Å². The Balaban J connectivity index is 2.54. The van der Waals surface area contributed by atoms with Crippen molar-refractivity contribution in [2.75, 3.05) is 13.7 Å². The number of aliphatic hydroxyl groups is 1. The Bertz CT molecular complexity index is 651. The monoisotopic (exact) mass is 381 g/mol. The fourth-order valence-electron chi connectivity index (χ4n) is 2.02. The van der Waals surface area contributed by atoms with E-state index in [0.717, 1.165) is 5.56 Å². The normalized spacial score (nSPS) is 12.4. The Kier molecular flexibility index (Phi) is 9.30. The number of rotatable bonds is 10. The van der Waals surface area contributed by atoms with Gasteiger partial charge in [-0.25, -0.2) is 4.79 Å². The lowest BCUT2D eigenvalue weighted by Gasteiger charge is -2.20. The summed E-state index contributed by atoms with van der Waals surface area (Å²) >= 11 is 0. The highest BCUT2D eigenvalue weighted by Crippen LogP contribution is 2.02. The van der Waals surface area contributed by atoms with Gasteiger partial charge in [0.25, 0.3) is 0 Å². The lowest BCUT2D eigenvalue weighted by molar-refractivity contribution is -0.141. The summed E-state index contributed by atoms with van der Waals surface area (Å²) < 4.78 is 9.42. The van der Waals surface area contributed by atoms with E-state index >= 15 is 0 Å². The summed E-state index contributed by atoms with van der Waals surface area (Å²) in [5.74, 6) is -2.28. The topological polar surface area (TPSA) is 157 Å². The second-order valence-corrected chi connectivity index (χ2v) is 5.52. The van der Waals surface area contributed by atoms with Gasteiger partial charge in [0, 0.05) is 6.42 Å². The van der Waals surface area contributed by atoms with Gasteiger partial charge in [-0.15, -0.1) is 0 Å². The summed E-state index contributed by atoms with van der Waals surface area (Å²) in [4.78, 5) is 46.5. The zero-order valence-electron chi connectivity index (χ0n) is 14.8. The fourth-order valence-corrected chi connectivity index (χ4v) is 2.02. The molecule has 0 aliphatic rings. The Labute approximate surface area is 156 Å². The number of hydrogen-bond acceptors (Lipinski definition) is 7. The number of hydrogen-bond donors (Lipinski definition) is 4. The molecule has 2 atom stereocenters. The second-order valence-electron chi connectivity index (χ2n) is 5.52. The number of amides is 3. The van der Waals surface area contributed by atoms with Crippen LogP contribution in [0, 0.1) is 0 Å². The van der Waals surface area contributed by atoms with E-state index in [4.69, 9.17) is 10.5 Å². The molecule has 0 aromatic heterocycles. The van der Waals surface area contributed by atoms with E-state index in [9.17, 15) is 24.3 Å². The Morgan fingerprint density at radius 2 is 1.78 bits per heavy atom. The van der Waals surface area contributed by atoms with Crippen LogP contribution in [0.15, 0.2) is 30.3 Å². The number of esters is 1. The number of nitrogens with one attached hydrogen (secondary N) is 2. The minimum atomic E-state index is -1.35. The van der Waals surface area contributed by atoms with Gasteiger partial charge in [0.05, 0.1) is 13.7 Å². The molecule has 5 N–H and O–H groups in total. The third kappa shape index (κ3) is 8.19. The number of carbonyl (C=O) groups excluding carboxylic acids is 4. The number of carbonyl (C=O) groups is 4. The average Bonchev–Trinajstić information content (AvgIpc) is 2.67. The predicted octanol–water partition coefficient (Wildman–Crippen LogP) is -0.803. The second kappa shape index (κ2) is 11.5. The molecule has 0 fully saturated rings. The van der Waals surface area contributed by atoms with Gasteiger partial charge in [-0.05, 0) is 12.0 Å². The number of benzene rings is 1. The minimum absolute atomic E-state index is 0.0184. The molecular weight excluding hydrogens is 358 g/mol. The molecule has 3 amide bonds. The molecule has 0 radical (unpaired) electrons. The van der Waals surface area contributed by atoms with Crippen molar-refractivity contribution in [3.63, 3.8) is 0 Å². The van der Waals surface area contributed by atoms with Gasteiger partial charge in [0.15, 0.2) is 0 Å².